The van der Waals surface area contributed by atoms with E-state index in [-0.39, 0.29) is 23.6 Å². The van der Waals surface area contributed by atoms with Crippen molar-refractivity contribution in [2.75, 3.05) is 31.7 Å². The topological polar surface area (TPSA) is 67.8 Å². The number of benzene rings is 2. The third-order valence-corrected chi connectivity index (χ3v) is 8.40. The Morgan fingerprint density at radius 1 is 1.08 bits per heavy atom. The second-order valence-corrected chi connectivity index (χ2v) is 10.3. The van der Waals surface area contributed by atoms with Crippen LogP contribution in [0, 0.1) is 0 Å². The van der Waals surface area contributed by atoms with E-state index in [0.717, 1.165) is 36.1 Å². The summed E-state index contributed by atoms with van der Waals surface area (Å²) in [5.41, 5.74) is 3.29. The van der Waals surface area contributed by atoms with Crippen molar-refractivity contribution in [3.8, 4) is 16.9 Å². The fourth-order valence-corrected chi connectivity index (χ4v) is 6.59. The number of halogens is 2. The molecule has 0 radical (unpaired) electrons. The van der Waals surface area contributed by atoms with Crippen LogP contribution in [0.15, 0.2) is 54.9 Å². The van der Waals surface area contributed by atoms with Crippen molar-refractivity contribution >= 4 is 11.9 Å². The number of carbonyl (C=O) groups is 1. The molecule has 198 valence electrons. The highest BCUT2D eigenvalue weighted by molar-refractivity contribution is 6.01. The number of rotatable bonds is 7. The van der Waals surface area contributed by atoms with Crippen LogP contribution in [0.5, 0.6) is 5.75 Å². The summed E-state index contributed by atoms with van der Waals surface area (Å²) in [6, 6.07) is 13.0. The van der Waals surface area contributed by atoms with Crippen LogP contribution in [-0.4, -0.2) is 60.2 Å². The van der Waals surface area contributed by atoms with Crippen LogP contribution >= 0.6 is 0 Å². The lowest BCUT2D eigenvalue weighted by Gasteiger charge is -2.35. The summed E-state index contributed by atoms with van der Waals surface area (Å²) < 4.78 is 36.6. The number of aromatic nitrogens is 2. The Balaban J connectivity index is 1.35. The molecular formula is C29H30F2N4O3. The van der Waals surface area contributed by atoms with Gasteiger partial charge in [0.05, 0.1) is 18.2 Å². The molecule has 7 nitrogen and oxygen atoms in total. The van der Waals surface area contributed by atoms with Gasteiger partial charge >= 0.3 is 6.61 Å². The SMILES string of the molecule is COC[C@H]1CCCN1c1ncc(-c2ccc3c(c2)[C@@]2(C)[C@@H](c4ccccc4OC(F)F)CCN2C3=O)cn1. The van der Waals surface area contributed by atoms with Gasteiger partial charge in [0, 0.05) is 55.2 Å². The molecule has 0 unspecified atom stereocenters. The molecule has 0 N–H and O–H groups in total. The molecule has 3 atom stereocenters. The number of carbonyl (C=O) groups excluding carboxylic acids is 1. The first kappa shape index (κ1) is 24.7. The van der Waals surface area contributed by atoms with E-state index in [1.165, 1.54) is 0 Å². The Bertz CT molecular complexity index is 1350. The minimum Gasteiger partial charge on any atom is -0.435 e. The second-order valence-electron chi connectivity index (χ2n) is 10.3. The Kier molecular flexibility index (Phi) is 6.26. The molecule has 3 aliphatic heterocycles. The Labute approximate surface area is 220 Å². The minimum atomic E-state index is -2.92. The molecular weight excluding hydrogens is 490 g/mol. The maximum atomic E-state index is 13.4. The Morgan fingerprint density at radius 3 is 2.63 bits per heavy atom. The molecule has 6 rings (SSSR count). The first-order chi connectivity index (χ1) is 18.4. The van der Waals surface area contributed by atoms with Crippen LogP contribution in [-0.2, 0) is 10.3 Å². The van der Waals surface area contributed by atoms with E-state index in [0.29, 0.717) is 36.6 Å². The number of hydrogen-bond acceptors (Lipinski definition) is 6. The van der Waals surface area contributed by atoms with Crippen LogP contribution in [0.4, 0.5) is 14.7 Å². The Hall–Kier alpha value is -3.59. The standard InChI is InChI=1S/C29H30F2N4O3/c1-29-23(21-7-3-4-8-25(21)38-27(30)31)11-13-35(29)26(36)22-10-9-18(14-24(22)29)19-15-32-28(33-16-19)34-12-5-6-20(34)17-37-2/h3-4,7-10,14-16,20,23,27H,5-6,11-13,17H2,1-2H3/t20-,23-,29-/m1/s1. The van der Waals surface area contributed by atoms with Crippen LogP contribution < -0.4 is 9.64 Å². The number of amides is 1. The number of para-hydroxylation sites is 1. The number of methoxy groups -OCH3 is 1. The third kappa shape index (κ3) is 3.91. The van der Waals surface area contributed by atoms with E-state index in [9.17, 15) is 13.6 Å². The van der Waals surface area contributed by atoms with E-state index in [2.05, 4.69) is 14.9 Å². The van der Waals surface area contributed by atoms with E-state index in [1.54, 1.807) is 19.2 Å². The summed E-state index contributed by atoms with van der Waals surface area (Å²) in [4.78, 5) is 26.8. The van der Waals surface area contributed by atoms with E-state index in [1.807, 2.05) is 54.5 Å². The molecule has 9 heteroatoms. The predicted octanol–water partition coefficient (Wildman–Crippen LogP) is 5.22. The van der Waals surface area contributed by atoms with Crippen LogP contribution in [0.3, 0.4) is 0 Å². The fraction of sp³-hybridized carbons (Fsp3) is 0.414. The molecule has 2 fully saturated rings. The highest BCUT2D eigenvalue weighted by Crippen LogP contribution is 2.56. The summed E-state index contributed by atoms with van der Waals surface area (Å²) in [6.07, 6.45) is 6.44. The molecule has 2 aromatic carbocycles. The molecule has 0 aliphatic carbocycles. The van der Waals surface area contributed by atoms with Crippen LogP contribution in [0.2, 0.25) is 0 Å². The smallest absolute Gasteiger partial charge is 0.387 e. The maximum Gasteiger partial charge on any atom is 0.387 e. The normalized spacial score (nSPS) is 24.3. The van der Waals surface area contributed by atoms with Gasteiger partial charge < -0.3 is 19.3 Å². The van der Waals surface area contributed by atoms with Gasteiger partial charge in [0.25, 0.3) is 5.91 Å². The van der Waals surface area contributed by atoms with Gasteiger partial charge in [-0.1, -0.05) is 24.3 Å². The second kappa shape index (κ2) is 9.62. The first-order valence-electron chi connectivity index (χ1n) is 13.0. The summed E-state index contributed by atoms with van der Waals surface area (Å²) in [7, 11) is 1.71. The van der Waals surface area contributed by atoms with Gasteiger partial charge in [0.1, 0.15) is 5.75 Å². The molecule has 0 spiro atoms. The summed E-state index contributed by atoms with van der Waals surface area (Å²) in [5, 5.41) is 0. The van der Waals surface area contributed by atoms with Crippen molar-refractivity contribution < 1.29 is 23.0 Å². The number of nitrogens with zero attached hydrogens (tertiary/aromatic N) is 4. The number of alkyl halides is 2. The predicted molar refractivity (Wildman–Crippen MR) is 139 cm³/mol. The van der Waals surface area contributed by atoms with Crippen molar-refractivity contribution in [1.29, 1.82) is 0 Å². The lowest BCUT2D eigenvalue weighted by molar-refractivity contribution is -0.0509. The van der Waals surface area contributed by atoms with E-state index < -0.39 is 12.2 Å². The van der Waals surface area contributed by atoms with Gasteiger partial charge in [-0.05, 0) is 55.5 Å². The highest BCUT2D eigenvalue weighted by atomic mass is 19.3. The van der Waals surface area contributed by atoms with Crippen molar-refractivity contribution in [3.63, 3.8) is 0 Å². The molecule has 1 aromatic heterocycles. The summed E-state index contributed by atoms with van der Waals surface area (Å²) >= 11 is 0. The lowest BCUT2D eigenvalue weighted by Crippen LogP contribution is -2.38. The number of ether oxygens (including phenoxy) is 2. The van der Waals surface area contributed by atoms with Gasteiger partial charge in [-0.2, -0.15) is 8.78 Å². The van der Waals surface area contributed by atoms with E-state index >= 15 is 0 Å². The molecule has 0 saturated carbocycles. The van der Waals surface area contributed by atoms with Crippen molar-refractivity contribution in [3.05, 3.63) is 71.5 Å². The molecule has 3 aromatic rings. The van der Waals surface area contributed by atoms with Crippen LogP contribution in [0.1, 0.15) is 53.6 Å². The molecule has 1 amide bonds. The first-order valence-corrected chi connectivity index (χ1v) is 13.0. The molecule has 3 aliphatic rings. The molecule has 0 bridgehead atoms. The molecule has 38 heavy (non-hydrogen) atoms. The van der Waals surface area contributed by atoms with Crippen molar-refractivity contribution in [2.24, 2.45) is 0 Å². The summed E-state index contributed by atoms with van der Waals surface area (Å²) in [5.74, 6) is 0.623. The monoisotopic (exact) mass is 520 g/mol. The average molecular weight is 521 g/mol. The average Bonchev–Trinajstić information content (AvgIpc) is 3.58. The zero-order valence-electron chi connectivity index (χ0n) is 21.4. The summed E-state index contributed by atoms with van der Waals surface area (Å²) in [6.45, 7) is 1.20. The third-order valence-electron chi connectivity index (χ3n) is 8.40. The van der Waals surface area contributed by atoms with Gasteiger partial charge in [-0.25, -0.2) is 9.97 Å². The quantitative estimate of drug-likeness (QED) is 0.426. The van der Waals surface area contributed by atoms with E-state index in [4.69, 9.17) is 9.47 Å². The van der Waals surface area contributed by atoms with Gasteiger partial charge in [-0.3, -0.25) is 4.79 Å². The van der Waals surface area contributed by atoms with Gasteiger partial charge in [0.2, 0.25) is 5.95 Å². The maximum absolute atomic E-state index is 13.4. The zero-order valence-corrected chi connectivity index (χ0v) is 21.4. The van der Waals surface area contributed by atoms with Crippen molar-refractivity contribution in [2.45, 2.75) is 50.3 Å². The van der Waals surface area contributed by atoms with Gasteiger partial charge in [0.15, 0.2) is 0 Å². The van der Waals surface area contributed by atoms with Crippen LogP contribution in [0.25, 0.3) is 11.1 Å². The molecule has 2 saturated heterocycles. The number of hydrogen-bond donors (Lipinski definition) is 0. The Morgan fingerprint density at radius 2 is 1.87 bits per heavy atom. The zero-order chi connectivity index (χ0) is 26.4. The largest absolute Gasteiger partial charge is 0.435 e. The number of anilines is 1. The number of fused-ring (bicyclic) bond motifs is 3. The molecule has 4 heterocycles. The van der Waals surface area contributed by atoms with Gasteiger partial charge in [-0.15, -0.1) is 0 Å². The fourth-order valence-electron chi connectivity index (χ4n) is 6.59. The lowest BCUT2D eigenvalue weighted by atomic mass is 9.76. The minimum absolute atomic E-state index is 0.0337. The van der Waals surface area contributed by atoms with Crippen molar-refractivity contribution in [1.82, 2.24) is 14.9 Å². The highest BCUT2D eigenvalue weighted by Gasteiger charge is 2.55.